The first-order valence-corrected chi connectivity index (χ1v) is 10.4. The van der Waals surface area contributed by atoms with E-state index in [0.29, 0.717) is 38.5 Å². The van der Waals surface area contributed by atoms with Crippen LogP contribution in [-0.4, -0.2) is 76.5 Å². The third kappa shape index (κ3) is 3.80. The molecule has 1 spiro atoms. The highest BCUT2D eigenvalue weighted by Crippen LogP contribution is 2.32. The van der Waals surface area contributed by atoms with E-state index in [1.54, 1.807) is 17.3 Å². The number of nitrogens with zero attached hydrogens (tertiary/aromatic N) is 3. The van der Waals surface area contributed by atoms with E-state index in [1.165, 1.54) is 0 Å². The summed E-state index contributed by atoms with van der Waals surface area (Å²) >= 11 is 0. The Hall–Kier alpha value is -3.23. The van der Waals surface area contributed by atoms with Gasteiger partial charge in [-0.1, -0.05) is 24.3 Å². The van der Waals surface area contributed by atoms with Crippen LogP contribution in [0.5, 0.6) is 0 Å². The number of hydrogen-bond acceptors (Lipinski definition) is 5. The van der Waals surface area contributed by atoms with Crippen LogP contribution in [0.15, 0.2) is 54.9 Å². The number of ether oxygens (including phenoxy) is 1. The predicted molar refractivity (Wildman–Crippen MR) is 115 cm³/mol. The van der Waals surface area contributed by atoms with Gasteiger partial charge in [0, 0.05) is 36.4 Å². The lowest BCUT2D eigenvalue weighted by Crippen LogP contribution is -2.73. The number of morpholine rings is 1. The SMILES string of the molecule is CN1CC2(CN(C(=O)c3cc4ccccc4[nH]3)C2)OC[C@H]1C(=O)NCc1cccnc1. The second-order valence-electron chi connectivity index (χ2n) is 8.44. The lowest BCUT2D eigenvalue weighted by molar-refractivity contribution is -0.187. The minimum Gasteiger partial charge on any atom is -0.368 e. The molecule has 0 bridgehead atoms. The van der Waals surface area contributed by atoms with Gasteiger partial charge in [0.15, 0.2) is 0 Å². The molecule has 5 rings (SSSR count). The van der Waals surface area contributed by atoms with Crippen molar-refractivity contribution in [2.45, 2.75) is 18.2 Å². The van der Waals surface area contributed by atoms with E-state index in [-0.39, 0.29) is 17.9 Å². The first kappa shape index (κ1) is 19.7. The van der Waals surface area contributed by atoms with E-state index in [2.05, 4.69) is 15.3 Å². The lowest BCUT2D eigenvalue weighted by atomic mass is 9.90. The number of carbonyl (C=O) groups excluding carboxylic acids is 2. The summed E-state index contributed by atoms with van der Waals surface area (Å²) in [6, 6.07) is 13.2. The number of pyridine rings is 1. The van der Waals surface area contributed by atoms with Crippen molar-refractivity contribution in [1.82, 2.24) is 25.1 Å². The minimum atomic E-state index is -0.406. The zero-order chi connectivity index (χ0) is 21.4. The number of para-hydroxylation sites is 1. The molecule has 2 amide bonds. The highest BCUT2D eigenvalue weighted by molar-refractivity contribution is 5.98. The van der Waals surface area contributed by atoms with Crippen molar-refractivity contribution in [2.24, 2.45) is 0 Å². The van der Waals surface area contributed by atoms with Crippen molar-refractivity contribution in [1.29, 1.82) is 0 Å². The van der Waals surface area contributed by atoms with Crippen molar-refractivity contribution in [3.8, 4) is 0 Å². The first-order chi connectivity index (χ1) is 15.0. The summed E-state index contributed by atoms with van der Waals surface area (Å²) in [6.07, 6.45) is 3.45. The third-order valence-electron chi connectivity index (χ3n) is 6.11. The molecule has 160 valence electrons. The molecule has 2 saturated heterocycles. The van der Waals surface area contributed by atoms with E-state index >= 15 is 0 Å². The molecule has 8 nitrogen and oxygen atoms in total. The average molecular weight is 419 g/mol. The van der Waals surface area contributed by atoms with Gasteiger partial charge in [0.05, 0.1) is 19.7 Å². The summed E-state index contributed by atoms with van der Waals surface area (Å²) in [4.78, 5) is 36.5. The number of amides is 2. The summed E-state index contributed by atoms with van der Waals surface area (Å²) in [5, 5.41) is 3.98. The molecule has 1 aromatic carbocycles. The van der Waals surface area contributed by atoms with Gasteiger partial charge in [-0.3, -0.25) is 19.5 Å². The van der Waals surface area contributed by atoms with Crippen LogP contribution in [0.3, 0.4) is 0 Å². The van der Waals surface area contributed by atoms with Gasteiger partial charge in [0.2, 0.25) is 5.91 Å². The van der Waals surface area contributed by atoms with Gasteiger partial charge in [-0.05, 0) is 30.8 Å². The molecule has 0 radical (unpaired) electrons. The number of aromatic nitrogens is 2. The van der Waals surface area contributed by atoms with Gasteiger partial charge in [-0.15, -0.1) is 0 Å². The summed E-state index contributed by atoms with van der Waals surface area (Å²) < 4.78 is 6.11. The highest BCUT2D eigenvalue weighted by Gasteiger charge is 2.51. The highest BCUT2D eigenvalue weighted by atomic mass is 16.5. The number of H-pyrrole nitrogens is 1. The van der Waals surface area contributed by atoms with Gasteiger partial charge in [0.25, 0.3) is 5.91 Å². The van der Waals surface area contributed by atoms with Gasteiger partial charge in [-0.2, -0.15) is 0 Å². The Morgan fingerprint density at radius 3 is 2.81 bits per heavy atom. The molecule has 4 heterocycles. The fourth-order valence-corrected chi connectivity index (χ4v) is 4.42. The van der Waals surface area contributed by atoms with Gasteiger partial charge >= 0.3 is 0 Å². The minimum absolute atomic E-state index is 0.0237. The maximum Gasteiger partial charge on any atom is 0.270 e. The third-order valence-corrected chi connectivity index (χ3v) is 6.11. The summed E-state index contributed by atoms with van der Waals surface area (Å²) in [6.45, 7) is 2.40. The number of likely N-dealkylation sites (tertiary alicyclic amines) is 1. The number of fused-ring (bicyclic) bond motifs is 1. The van der Waals surface area contributed by atoms with Gasteiger partial charge < -0.3 is 19.9 Å². The molecule has 2 aromatic heterocycles. The Kier molecular flexibility index (Phi) is 4.95. The number of benzene rings is 1. The summed E-state index contributed by atoms with van der Waals surface area (Å²) in [5.41, 5.74) is 2.09. The molecule has 2 aliphatic rings. The van der Waals surface area contributed by atoms with Crippen LogP contribution in [0.4, 0.5) is 0 Å². The van der Waals surface area contributed by atoms with E-state index in [0.717, 1.165) is 16.5 Å². The Labute approximate surface area is 180 Å². The number of rotatable bonds is 4. The maximum absolute atomic E-state index is 12.9. The van der Waals surface area contributed by atoms with Crippen LogP contribution in [0.25, 0.3) is 10.9 Å². The standard InChI is InChI=1S/C23H25N5O3/c1-27-13-23(31-12-20(27)21(29)25-11-16-5-4-8-24-10-16)14-28(15-23)22(30)19-9-17-6-2-3-7-18(17)26-19/h2-10,20,26H,11-15H2,1H3,(H,25,29)/t20-/m0/s1. The molecule has 0 aliphatic carbocycles. The Balaban J connectivity index is 1.16. The van der Waals surface area contributed by atoms with E-state index in [4.69, 9.17) is 4.74 Å². The number of aromatic amines is 1. The molecular weight excluding hydrogens is 394 g/mol. The molecule has 31 heavy (non-hydrogen) atoms. The number of nitrogens with one attached hydrogen (secondary N) is 2. The van der Waals surface area contributed by atoms with Crippen molar-refractivity contribution in [3.05, 3.63) is 66.1 Å². The number of likely N-dealkylation sites (N-methyl/N-ethyl adjacent to an activating group) is 1. The van der Waals surface area contributed by atoms with Crippen molar-refractivity contribution in [3.63, 3.8) is 0 Å². The normalized spacial score (nSPS) is 20.5. The van der Waals surface area contributed by atoms with Crippen molar-refractivity contribution >= 4 is 22.7 Å². The number of hydrogen-bond donors (Lipinski definition) is 2. The smallest absolute Gasteiger partial charge is 0.270 e. The average Bonchev–Trinajstić information content (AvgIpc) is 3.20. The molecular formula is C23H25N5O3. The van der Waals surface area contributed by atoms with Gasteiger partial charge in [0.1, 0.15) is 17.3 Å². The molecule has 2 aliphatic heterocycles. The van der Waals surface area contributed by atoms with Crippen LogP contribution in [0.1, 0.15) is 16.1 Å². The van der Waals surface area contributed by atoms with E-state index in [9.17, 15) is 9.59 Å². The summed E-state index contributed by atoms with van der Waals surface area (Å²) in [7, 11) is 1.93. The molecule has 3 aromatic rings. The van der Waals surface area contributed by atoms with Crippen LogP contribution in [0.2, 0.25) is 0 Å². The number of carbonyl (C=O) groups is 2. The molecule has 0 saturated carbocycles. The van der Waals surface area contributed by atoms with Crippen LogP contribution in [0, 0.1) is 0 Å². The Morgan fingerprint density at radius 2 is 2.06 bits per heavy atom. The maximum atomic E-state index is 12.9. The molecule has 0 unspecified atom stereocenters. The zero-order valence-electron chi connectivity index (χ0n) is 17.4. The molecule has 2 fully saturated rings. The molecule has 8 heteroatoms. The van der Waals surface area contributed by atoms with Crippen molar-refractivity contribution in [2.75, 3.05) is 33.3 Å². The van der Waals surface area contributed by atoms with Crippen LogP contribution < -0.4 is 5.32 Å². The fraction of sp³-hybridized carbons (Fsp3) is 0.348. The van der Waals surface area contributed by atoms with Crippen LogP contribution in [-0.2, 0) is 16.1 Å². The second-order valence-corrected chi connectivity index (χ2v) is 8.44. The Bertz CT molecular complexity index is 1070. The second kappa shape index (κ2) is 7.79. The van der Waals surface area contributed by atoms with Crippen molar-refractivity contribution < 1.29 is 14.3 Å². The lowest BCUT2D eigenvalue weighted by Gasteiger charge is -2.54. The van der Waals surface area contributed by atoms with Crippen LogP contribution >= 0.6 is 0 Å². The topological polar surface area (TPSA) is 90.6 Å². The summed E-state index contributed by atoms with van der Waals surface area (Å²) in [5.74, 6) is -0.0871. The monoisotopic (exact) mass is 419 g/mol. The zero-order valence-corrected chi connectivity index (χ0v) is 17.4. The molecule has 1 atom stereocenters. The van der Waals surface area contributed by atoms with E-state index in [1.807, 2.05) is 54.4 Å². The Morgan fingerprint density at radius 1 is 1.23 bits per heavy atom. The first-order valence-electron chi connectivity index (χ1n) is 10.4. The van der Waals surface area contributed by atoms with E-state index < -0.39 is 5.60 Å². The van der Waals surface area contributed by atoms with Gasteiger partial charge in [-0.25, -0.2) is 0 Å². The largest absolute Gasteiger partial charge is 0.368 e. The predicted octanol–water partition coefficient (Wildman–Crippen LogP) is 1.40. The molecule has 2 N–H and O–H groups in total. The quantitative estimate of drug-likeness (QED) is 0.667. The fourth-order valence-electron chi connectivity index (χ4n) is 4.42.